The molecular weight excluding hydrogens is 326 g/mol. The second-order valence-electron chi connectivity index (χ2n) is 5.78. The number of hydrogen-bond acceptors (Lipinski definition) is 6. The number of aromatic nitrogens is 1. The van der Waals surface area contributed by atoms with E-state index in [1.165, 1.54) is 0 Å². The lowest BCUT2D eigenvalue weighted by molar-refractivity contribution is -0.137. The maximum absolute atomic E-state index is 12.5. The summed E-state index contributed by atoms with van der Waals surface area (Å²) in [5.74, 6) is 1.79. The number of carbonyl (C=O) groups excluding carboxylic acids is 2. The van der Waals surface area contributed by atoms with E-state index < -0.39 is 0 Å². The van der Waals surface area contributed by atoms with E-state index in [2.05, 4.69) is 16.0 Å². The molecular formula is C16H19N5O2S. The van der Waals surface area contributed by atoms with Crippen molar-refractivity contribution in [1.82, 2.24) is 14.8 Å². The van der Waals surface area contributed by atoms with E-state index in [1.807, 2.05) is 4.90 Å². The van der Waals surface area contributed by atoms with Crippen LogP contribution in [0, 0.1) is 11.3 Å². The third-order valence-corrected chi connectivity index (χ3v) is 5.15. The van der Waals surface area contributed by atoms with Crippen LogP contribution in [0.1, 0.15) is 12.0 Å². The average Bonchev–Trinajstić information content (AvgIpc) is 2.87. The van der Waals surface area contributed by atoms with Crippen molar-refractivity contribution in [2.75, 3.05) is 49.3 Å². The van der Waals surface area contributed by atoms with Crippen molar-refractivity contribution in [2.24, 2.45) is 0 Å². The molecule has 7 nitrogen and oxygen atoms in total. The number of nitriles is 1. The lowest BCUT2D eigenvalue weighted by atomic mass is 10.2. The van der Waals surface area contributed by atoms with E-state index in [-0.39, 0.29) is 18.4 Å². The highest BCUT2D eigenvalue weighted by molar-refractivity contribution is 8.00. The summed E-state index contributed by atoms with van der Waals surface area (Å²) >= 11 is 1.54. The van der Waals surface area contributed by atoms with Gasteiger partial charge in [0.05, 0.1) is 17.2 Å². The SMILES string of the molecule is N#Cc1cccnc1N1CCCN(C(=O)CN2CSCC2=O)CC1. The van der Waals surface area contributed by atoms with E-state index in [1.54, 1.807) is 35.0 Å². The van der Waals surface area contributed by atoms with Gasteiger partial charge in [0.2, 0.25) is 11.8 Å². The molecule has 2 aliphatic rings. The van der Waals surface area contributed by atoms with Gasteiger partial charge in [0.15, 0.2) is 0 Å². The maximum atomic E-state index is 12.5. The molecule has 0 bridgehead atoms. The smallest absolute Gasteiger partial charge is 0.242 e. The van der Waals surface area contributed by atoms with Gasteiger partial charge in [0.25, 0.3) is 0 Å². The number of hydrogen-bond donors (Lipinski definition) is 0. The molecule has 0 aliphatic carbocycles. The highest BCUT2D eigenvalue weighted by Gasteiger charge is 2.27. The molecule has 0 aromatic carbocycles. The lowest BCUT2D eigenvalue weighted by Gasteiger charge is -2.24. The van der Waals surface area contributed by atoms with Crippen LogP contribution >= 0.6 is 11.8 Å². The summed E-state index contributed by atoms with van der Waals surface area (Å²) < 4.78 is 0. The predicted octanol–water partition coefficient (Wildman–Crippen LogP) is 0.525. The quantitative estimate of drug-likeness (QED) is 0.795. The van der Waals surface area contributed by atoms with Crippen LogP contribution in [-0.2, 0) is 9.59 Å². The van der Waals surface area contributed by atoms with Crippen LogP contribution < -0.4 is 4.90 Å². The van der Waals surface area contributed by atoms with E-state index in [9.17, 15) is 14.9 Å². The van der Waals surface area contributed by atoms with Gasteiger partial charge in [-0.05, 0) is 18.6 Å². The lowest BCUT2D eigenvalue weighted by Crippen LogP contribution is -2.42. The molecule has 3 heterocycles. The van der Waals surface area contributed by atoms with Crippen LogP contribution in [0.15, 0.2) is 18.3 Å². The Morgan fingerprint density at radius 1 is 1.33 bits per heavy atom. The third-order valence-electron chi connectivity index (χ3n) is 4.21. The van der Waals surface area contributed by atoms with E-state index in [0.29, 0.717) is 42.6 Å². The monoisotopic (exact) mass is 345 g/mol. The zero-order valence-corrected chi connectivity index (χ0v) is 14.2. The summed E-state index contributed by atoms with van der Waals surface area (Å²) in [6.07, 6.45) is 2.50. The zero-order valence-electron chi connectivity index (χ0n) is 13.3. The summed E-state index contributed by atoms with van der Waals surface area (Å²) in [5, 5.41) is 9.22. The minimum atomic E-state index is -0.00534. The molecule has 2 saturated heterocycles. The van der Waals surface area contributed by atoms with E-state index >= 15 is 0 Å². The summed E-state index contributed by atoms with van der Waals surface area (Å²) in [6, 6.07) is 5.68. The van der Waals surface area contributed by atoms with Gasteiger partial charge in [-0.1, -0.05) is 0 Å². The molecule has 2 amide bonds. The molecule has 2 aliphatic heterocycles. The van der Waals surface area contributed by atoms with Crippen molar-refractivity contribution in [1.29, 1.82) is 5.26 Å². The van der Waals surface area contributed by atoms with Crippen molar-refractivity contribution < 1.29 is 9.59 Å². The summed E-state index contributed by atoms with van der Waals surface area (Å²) in [6.45, 7) is 2.81. The van der Waals surface area contributed by atoms with Gasteiger partial charge in [-0.15, -0.1) is 11.8 Å². The van der Waals surface area contributed by atoms with Gasteiger partial charge < -0.3 is 14.7 Å². The Labute approximate surface area is 145 Å². The van der Waals surface area contributed by atoms with Gasteiger partial charge >= 0.3 is 0 Å². The Hall–Kier alpha value is -2.27. The number of anilines is 1. The van der Waals surface area contributed by atoms with Gasteiger partial charge in [0, 0.05) is 32.4 Å². The van der Waals surface area contributed by atoms with Gasteiger partial charge in [-0.25, -0.2) is 4.98 Å². The average molecular weight is 345 g/mol. The number of amides is 2. The van der Waals surface area contributed by atoms with Crippen molar-refractivity contribution in [2.45, 2.75) is 6.42 Å². The Kier molecular flexibility index (Phi) is 5.20. The Morgan fingerprint density at radius 3 is 2.96 bits per heavy atom. The van der Waals surface area contributed by atoms with Crippen LogP contribution in [0.4, 0.5) is 5.82 Å². The molecule has 2 fully saturated rings. The first-order chi connectivity index (χ1) is 11.7. The minimum absolute atomic E-state index is 0.00534. The number of nitrogens with zero attached hydrogens (tertiary/aromatic N) is 5. The molecule has 1 aromatic heterocycles. The molecule has 8 heteroatoms. The first kappa shape index (κ1) is 16.6. The molecule has 0 spiro atoms. The van der Waals surface area contributed by atoms with Crippen molar-refractivity contribution in [3.8, 4) is 6.07 Å². The van der Waals surface area contributed by atoms with Crippen molar-refractivity contribution in [3.63, 3.8) is 0 Å². The van der Waals surface area contributed by atoms with E-state index in [0.717, 1.165) is 13.0 Å². The van der Waals surface area contributed by atoms with Crippen LogP contribution in [0.3, 0.4) is 0 Å². The van der Waals surface area contributed by atoms with Gasteiger partial charge in [-0.2, -0.15) is 5.26 Å². The second-order valence-corrected chi connectivity index (χ2v) is 6.73. The first-order valence-corrected chi connectivity index (χ1v) is 9.08. The fourth-order valence-electron chi connectivity index (χ4n) is 2.92. The fourth-order valence-corrected chi connectivity index (χ4v) is 3.82. The highest BCUT2D eigenvalue weighted by atomic mass is 32.2. The maximum Gasteiger partial charge on any atom is 0.242 e. The molecule has 126 valence electrons. The summed E-state index contributed by atoms with van der Waals surface area (Å²) in [4.78, 5) is 33.9. The Bertz CT molecular complexity index is 675. The molecule has 0 atom stereocenters. The first-order valence-electron chi connectivity index (χ1n) is 7.92. The molecule has 24 heavy (non-hydrogen) atoms. The normalized spacial score (nSPS) is 18.5. The topological polar surface area (TPSA) is 80.5 Å². The van der Waals surface area contributed by atoms with Crippen molar-refractivity contribution >= 4 is 29.4 Å². The Balaban J connectivity index is 1.61. The van der Waals surface area contributed by atoms with Crippen molar-refractivity contribution in [3.05, 3.63) is 23.9 Å². The van der Waals surface area contributed by atoms with Gasteiger partial charge in [-0.3, -0.25) is 9.59 Å². The number of thioether (sulfide) groups is 1. The number of rotatable bonds is 3. The third kappa shape index (κ3) is 3.62. The largest absolute Gasteiger partial charge is 0.354 e. The molecule has 0 N–H and O–H groups in total. The summed E-state index contributed by atoms with van der Waals surface area (Å²) in [5.41, 5.74) is 0.553. The minimum Gasteiger partial charge on any atom is -0.354 e. The fraction of sp³-hybridized carbons (Fsp3) is 0.500. The molecule has 0 unspecified atom stereocenters. The molecule has 0 radical (unpaired) electrons. The predicted molar refractivity (Wildman–Crippen MR) is 91.4 cm³/mol. The molecule has 0 saturated carbocycles. The molecule has 3 rings (SSSR count). The Morgan fingerprint density at radius 2 is 2.21 bits per heavy atom. The number of pyridine rings is 1. The number of carbonyl (C=O) groups is 2. The van der Waals surface area contributed by atoms with Crippen LogP contribution in [0.5, 0.6) is 0 Å². The zero-order chi connectivity index (χ0) is 16.9. The van der Waals surface area contributed by atoms with E-state index in [4.69, 9.17) is 0 Å². The molecule has 1 aromatic rings. The van der Waals surface area contributed by atoms with Crippen LogP contribution in [0.25, 0.3) is 0 Å². The van der Waals surface area contributed by atoms with Crippen LogP contribution in [0.2, 0.25) is 0 Å². The highest BCUT2D eigenvalue weighted by Crippen LogP contribution is 2.19. The summed E-state index contributed by atoms with van der Waals surface area (Å²) in [7, 11) is 0. The van der Waals surface area contributed by atoms with Crippen LogP contribution in [-0.4, -0.2) is 71.0 Å². The standard InChI is InChI=1S/C16H19N5O2S/c17-9-13-3-1-4-18-16(13)20-6-2-5-19(7-8-20)14(22)10-21-12-24-11-15(21)23/h1,3-4H,2,5-8,10-12H2. The van der Waals surface area contributed by atoms with Gasteiger partial charge in [0.1, 0.15) is 18.4 Å². The second kappa shape index (κ2) is 7.53.